The highest BCUT2D eigenvalue weighted by Gasteiger charge is 2.25. The molecular weight excluding hydrogens is 387 g/mol. The summed E-state index contributed by atoms with van der Waals surface area (Å²) in [7, 11) is 0. The summed E-state index contributed by atoms with van der Waals surface area (Å²) in [5, 5.41) is 9.10. The predicted molar refractivity (Wildman–Crippen MR) is 110 cm³/mol. The number of benzene rings is 1. The van der Waals surface area contributed by atoms with Crippen LogP contribution in [0.1, 0.15) is 22.3 Å². The zero-order valence-electron chi connectivity index (χ0n) is 14.8. The second kappa shape index (κ2) is 11.5. The Balaban J connectivity index is 0.00000182. The highest BCUT2D eigenvalue weighted by molar-refractivity contribution is 5.97. The molecule has 1 aromatic carbocycles. The maximum atomic E-state index is 12.7. The van der Waals surface area contributed by atoms with Gasteiger partial charge in [-0.15, -0.1) is 24.8 Å². The molecule has 0 aliphatic carbocycles. The van der Waals surface area contributed by atoms with Crippen LogP contribution in [0.3, 0.4) is 0 Å². The van der Waals surface area contributed by atoms with Crippen LogP contribution in [-0.4, -0.2) is 42.0 Å². The van der Waals surface area contributed by atoms with Gasteiger partial charge >= 0.3 is 0 Å². The highest BCUT2D eigenvalue weighted by atomic mass is 35.5. The maximum Gasteiger partial charge on any atom is 0.251 e. The van der Waals surface area contributed by atoms with Crippen molar-refractivity contribution < 1.29 is 9.59 Å². The number of hydrogen-bond acceptors (Lipinski definition) is 4. The smallest absolute Gasteiger partial charge is 0.251 e. The molecule has 0 spiro atoms. The van der Waals surface area contributed by atoms with Gasteiger partial charge in [-0.1, -0.05) is 24.3 Å². The molecule has 2 atom stereocenters. The average Bonchev–Trinajstić information content (AvgIpc) is 3.15. The molecule has 0 radical (unpaired) electrons. The van der Waals surface area contributed by atoms with E-state index in [9.17, 15) is 9.59 Å². The standard InChI is InChI=1S/C19H22N4O2.2ClH/c24-18(15-6-2-1-3-7-15)23-17(11-14-5-4-9-20-12-14)19(25)22-16-8-10-21-13-16;;/h1-7,9,12,16-17,21H,8,10-11,13H2,(H,22,25)(H,23,24);2*1H. The van der Waals surface area contributed by atoms with Gasteiger partial charge < -0.3 is 16.0 Å². The van der Waals surface area contributed by atoms with Gasteiger partial charge in [-0.2, -0.15) is 0 Å². The number of nitrogens with zero attached hydrogens (tertiary/aromatic N) is 1. The molecule has 8 heteroatoms. The van der Waals surface area contributed by atoms with E-state index in [4.69, 9.17) is 0 Å². The van der Waals surface area contributed by atoms with Gasteiger partial charge in [-0.05, 0) is 36.7 Å². The van der Waals surface area contributed by atoms with Crippen molar-refractivity contribution in [1.82, 2.24) is 20.9 Å². The molecule has 2 amide bonds. The van der Waals surface area contributed by atoms with Crippen LogP contribution < -0.4 is 16.0 Å². The zero-order valence-corrected chi connectivity index (χ0v) is 16.4. The van der Waals surface area contributed by atoms with Crippen LogP contribution >= 0.6 is 24.8 Å². The molecule has 1 fully saturated rings. The third kappa shape index (κ3) is 6.82. The summed E-state index contributed by atoms with van der Waals surface area (Å²) in [6.45, 7) is 1.66. The van der Waals surface area contributed by atoms with E-state index in [1.165, 1.54) is 0 Å². The van der Waals surface area contributed by atoms with Crippen molar-refractivity contribution in [2.75, 3.05) is 13.1 Å². The first-order valence-corrected chi connectivity index (χ1v) is 8.48. The first-order chi connectivity index (χ1) is 12.2. The van der Waals surface area contributed by atoms with Gasteiger partial charge in [0.05, 0.1) is 0 Å². The normalized spacial score (nSPS) is 16.4. The third-order valence-electron chi connectivity index (χ3n) is 4.23. The van der Waals surface area contributed by atoms with Crippen molar-refractivity contribution in [3.63, 3.8) is 0 Å². The fourth-order valence-electron chi connectivity index (χ4n) is 2.87. The first kappa shape index (κ1) is 22.9. The third-order valence-corrected chi connectivity index (χ3v) is 4.23. The number of amides is 2. The fraction of sp³-hybridized carbons (Fsp3) is 0.316. The summed E-state index contributed by atoms with van der Waals surface area (Å²) >= 11 is 0. The molecular formula is C19H24Cl2N4O2. The maximum absolute atomic E-state index is 12.7. The van der Waals surface area contributed by atoms with Crippen LogP contribution in [0.15, 0.2) is 54.9 Å². The Labute approximate surface area is 171 Å². The number of nitrogens with one attached hydrogen (secondary N) is 3. The quantitative estimate of drug-likeness (QED) is 0.677. The largest absolute Gasteiger partial charge is 0.350 e. The number of carbonyl (C=O) groups excluding carboxylic acids is 2. The monoisotopic (exact) mass is 410 g/mol. The second-order valence-corrected chi connectivity index (χ2v) is 6.16. The molecule has 6 nitrogen and oxygen atoms in total. The first-order valence-electron chi connectivity index (χ1n) is 8.48. The van der Waals surface area contributed by atoms with E-state index in [1.807, 2.05) is 18.2 Å². The SMILES string of the molecule is Cl.Cl.O=C(NC(Cc1cccnc1)C(=O)NC1CCNC1)c1ccccc1. The van der Waals surface area contributed by atoms with Crippen molar-refractivity contribution in [3.05, 3.63) is 66.0 Å². The molecule has 2 aromatic rings. The van der Waals surface area contributed by atoms with E-state index in [2.05, 4.69) is 20.9 Å². The number of hydrogen-bond donors (Lipinski definition) is 3. The number of carbonyl (C=O) groups is 2. The fourth-order valence-corrected chi connectivity index (χ4v) is 2.87. The number of halogens is 2. The highest BCUT2D eigenvalue weighted by Crippen LogP contribution is 2.06. The lowest BCUT2D eigenvalue weighted by atomic mass is 10.1. The zero-order chi connectivity index (χ0) is 17.5. The minimum absolute atomic E-state index is 0. The number of rotatable bonds is 6. The van der Waals surface area contributed by atoms with Crippen LogP contribution in [0.25, 0.3) is 0 Å². The van der Waals surface area contributed by atoms with Crippen molar-refractivity contribution in [3.8, 4) is 0 Å². The predicted octanol–water partition coefficient (Wildman–Crippen LogP) is 1.74. The molecule has 0 bridgehead atoms. The molecule has 0 saturated carbocycles. The van der Waals surface area contributed by atoms with Crippen molar-refractivity contribution in [2.45, 2.75) is 24.9 Å². The molecule has 146 valence electrons. The molecule has 1 saturated heterocycles. The van der Waals surface area contributed by atoms with E-state index in [-0.39, 0.29) is 42.7 Å². The molecule has 1 aromatic heterocycles. The van der Waals surface area contributed by atoms with Crippen molar-refractivity contribution >= 4 is 36.6 Å². The summed E-state index contributed by atoms with van der Waals surface area (Å²) in [4.78, 5) is 29.2. The van der Waals surface area contributed by atoms with Gasteiger partial charge in [0.1, 0.15) is 6.04 Å². The van der Waals surface area contributed by atoms with Gasteiger partial charge in [-0.3, -0.25) is 14.6 Å². The summed E-state index contributed by atoms with van der Waals surface area (Å²) in [5.74, 6) is -0.420. The van der Waals surface area contributed by atoms with Gasteiger partial charge in [0.25, 0.3) is 5.91 Å². The van der Waals surface area contributed by atoms with Crippen LogP contribution in [0.2, 0.25) is 0 Å². The topological polar surface area (TPSA) is 83.1 Å². The van der Waals surface area contributed by atoms with Gasteiger partial charge in [0.2, 0.25) is 5.91 Å². The molecule has 27 heavy (non-hydrogen) atoms. The van der Waals surface area contributed by atoms with E-state index in [1.54, 1.807) is 36.7 Å². The summed E-state index contributed by atoms with van der Waals surface area (Å²) < 4.78 is 0. The van der Waals surface area contributed by atoms with Gasteiger partial charge in [0.15, 0.2) is 0 Å². The lowest BCUT2D eigenvalue weighted by Gasteiger charge is -2.21. The minimum atomic E-state index is -0.641. The molecule has 3 rings (SSSR count). The van der Waals surface area contributed by atoms with Crippen molar-refractivity contribution in [2.24, 2.45) is 0 Å². The van der Waals surface area contributed by atoms with Crippen LogP contribution in [0, 0.1) is 0 Å². The van der Waals surface area contributed by atoms with E-state index >= 15 is 0 Å². The molecule has 2 heterocycles. The van der Waals surface area contributed by atoms with E-state index in [0.717, 1.165) is 25.1 Å². The Kier molecular flexibility index (Phi) is 9.78. The Morgan fingerprint density at radius 3 is 2.56 bits per heavy atom. The van der Waals surface area contributed by atoms with Gasteiger partial charge in [0, 0.05) is 37.0 Å². The van der Waals surface area contributed by atoms with Crippen LogP contribution in [0.4, 0.5) is 0 Å². The molecule has 3 N–H and O–H groups in total. The average molecular weight is 411 g/mol. The molecule has 1 aliphatic heterocycles. The summed E-state index contributed by atoms with van der Waals surface area (Å²) in [6.07, 6.45) is 4.70. The van der Waals surface area contributed by atoms with E-state index < -0.39 is 6.04 Å². The molecule has 1 aliphatic rings. The lowest BCUT2D eigenvalue weighted by molar-refractivity contribution is -0.123. The Bertz CT molecular complexity index is 710. The van der Waals surface area contributed by atoms with Crippen LogP contribution in [-0.2, 0) is 11.2 Å². The molecule has 2 unspecified atom stereocenters. The van der Waals surface area contributed by atoms with Crippen LogP contribution in [0.5, 0.6) is 0 Å². The lowest BCUT2D eigenvalue weighted by Crippen LogP contribution is -2.51. The Morgan fingerprint density at radius 2 is 1.93 bits per heavy atom. The van der Waals surface area contributed by atoms with Crippen molar-refractivity contribution in [1.29, 1.82) is 0 Å². The van der Waals surface area contributed by atoms with E-state index in [0.29, 0.717) is 12.0 Å². The number of pyridine rings is 1. The summed E-state index contributed by atoms with van der Waals surface area (Å²) in [6, 6.07) is 12.1. The minimum Gasteiger partial charge on any atom is -0.350 e. The Hall–Kier alpha value is -2.15. The second-order valence-electron chi connectivity index (χ2n) is 6.16. The van der Waals surface area contributed by atoms with Gasteiger partial charge in [-0.25, -0.2) is 0 Å². The number of aromatic nitrogens is 1. The Morgan fingerprint density at radius 1 is 1.15 bits per heavy atom. The summed E-state index contributed by atoms with van der Waals surface area (Å²) in [5.41, 5.74) is 1.44.